The number of primary amides is 1. The lowest BCUT2D eigenvalue weighted by molar-refractivity contribution is 0.249. The van der Waals surface area contributed by atoms with E-state index in [1.54, 1.807) is 5.57 Å². The lowest BCUT2D eigenvalue weighted by Crippen LogP contribution is -2.29. The largest absolute Gasteiger partial charge is 0.350 e. The third-order valence-corrected chi connectivity index (χ3v) is 3.66. The second-order valence-electron chi connectivity index (χ2n) is 4.90. The van der Waals surface area contributed by atoms with Crippen LogP contribution in [0.5, 0.6) is 0 Å². The normalized spacial score (nSPS) is 30.6. The average molecular weight is 221 g/mol. The fourth-order valence-corrected chi connectivity index (χ4v) is 3.12. The third kappa shape index (κ3) is 1.96. The van der Waals surface area contributed by atoms with Gasteiger partial charge in [-0.1, -0.05) is 11.1 Å². The third-order valence-electron chi connectivity index (χ3n) is 3.66. The fraction of sp³-hybridized carbons (Fsp3) is 0.667. The molecule has 88 valence electrons. The topological polar surface area (TPSA) is 67.5 Å². The number of carbonyl (C=O) groups is 1. The molecule has 0 radical (unpaired) electrons. The molecule has 0 saturated heterocycles. The van der Waals surface area contributed by atoms with Crippen molar-refractivity contribution in [2.45, 2.75) is 39.5 Å². The first-order valence-corrected chi connectivity index (χ1v) is 5.88. The van der Waals surface area contributed by atoms with Crippen LogP contribution in [0.4, 0.5) is 4.79 Å². The number of allylic oxidation sites excluding steroid dienone is 2. The molecule has 2 aliphatic carbocycles. The van der Waals surface area contributed by atoms with Crippen LogP contribution >= 0.6 is 0 Å². The van der Waals surface area contributed by atoms with E-state index in [9.17, 15) is 4.79 Å². The number of nitrogens with two attached hydrogens (primary N) is 1. The van der Waals surface area contributed by atoms with Gasteiger partial charge in [0.1, 0.15) is 0 Å². The summed E-state index contributed by atoms with van der Waals surface area (Å²) in [7, 11) is 0. The van der Waals surface area contributed by atoms with Crippen LogP contribution in [0.3, 0.4) is 0 Å². The van der Waals surface area contributed by atoms with Gasteiger partial charge in [0.2, 0.25) is 0 Å². The highest BCUT2D eigenvalue weighted by Gasteiger charge is 2.38. The molecule has 0 heterocycles. The Kier molecular flexibility index (Phi) is 2.99. The maximum Gasteiger partial charge on any atom is 0.332 e. The molecule has 2 amide bonds. The van der Waals surface area contributed by atoms with Crippen molar-refractivity contribution in [3.8, 4) is 0 Å². The maximum atomic E-state index is 10.7. The van der Waals surface area contributed by atoms with Crippen molar-refractivity contribution in [1.82, 2.24) is 5.43 Å². The van der Waals surface area contributed by atoms with Crippen LogP contribution in [0.25, 0.3) is 0 Å². The summed E-state index contributed by atoms with van der Waals surface area (Å²) < 4.78 is 0. The molecule has 2 rings (SSSR count). The molecule has 0 aromatic carbocycles. The molecule has 0 aromatic rings. The number of carbonyl (C=O) groups excluding carboxylic acids is 1. The van der Waals surface area contributed by atoms with E-state index in [0.717, 1.165) is 24.5 Å². The van der Waals surface area contributed by atoms with Gasteiger partial charge in [0.25, 0.3) is 0 Å². The molecule has 16 heavy (non-hydrogen) atoms. The molecule has 2 bridgehead atoms. The zero-order valence-electron chi connectivity index (χ0n) is 9.92. The lowest BCUT2D eigenvalue weighted by Gasteiger charge is -2.26. The summed E-state index contributed by atoms with van der Waals surface area (Å²) in [5.41, 5.74) is 11.5. The van der Waals surface area contributed by atoms with E-state index in [1.165, 1.54) is 18.4 Å². The van der Waals surface area contributed by atoms with Crippen molar-refractivity contribution in [3.05, 3.63) is 11.1 Å². The number of nitrogens with one attached hydrogen (secondary N) is 1. The molecule has 0 spiro atoms. The molecule has 2 atom stereocenters. The highest BCUT2D eigenvalue weighted by molar-refractivity contribution is 5.92. The Morgan fingerprint density at radius 1 is 1.38 bits per heavy atom. The predicted octanol–water partition coefficient (Wildman–Crippen LogP) is 2.17. The van der Waals surface area contributed by atoms with E-state index in [2.05, 4.69) is 24.4 Å². The molecule has 2 saturated carbocycles. The Hall–Kier alpha value is -1.32. The van der Waals surface area contributed by atoms with E-state index < -0.39 is 6.03 Å². The van der Waals surface area contributed by atoms with Crippen LogP contribution in [-0.4, -0.2) is 11.7 Å². The van der Waals surface area contributed by atoms with E-state index in [1.807, 2.05) is 0 Å². The minimum atomic E-state index is -0.577. The van der Waals surface area contributed by atoms with Crippen LogP contribution < -0.4 is 11.2 Å². The van der Waals surface area contributed by atoms with Crippen molar-refractivity contribution >= 4 is 11.7 Å². The SMILES string of the molecule is CC(C)=C1[C@H]2CC/C(=N/NC(N)=O)[C@@H]1CC2. The highest BCUT2D eigenvalue weighted by atomic mass is 16.2. The molecular weight excluding hydrogens is 202 g/mol. The Balaban J connectivity index is 2.22. The smallest absolute Gasteiger partial charge is 0.332 e. The average Bonchev–Trinajstić information content (AvgIpc) is 2.53. The molecule has 4 nitrogen and oxygen atoms in total. The molecule has 0 unspecified atom stereocenters. The van der Waals surface area contributed by atoms with Gasteiger partial charge in [0.05, 0.1) is 0 Å². The van der Waals surface area contributed by atoms with Crippen molar-refractivity contribution in [1.29, 1.82) is 0 Å². The first kappa shape index (κ1) is 11.2. The van der Waals surface area contributed by atoms with E-state index in [0.29, 0.717) is 5.92 Å². The van der Waals surface area contributed by atoms with E-state index in [4.69, 9.17) is 5.73 Å². The van der Waals surface area contributed by atoms with E-state index in [-0.39, 0.29) is 0 Å². The zero-order chi connectivity index (χ0) is 11.7. The van der Waals surface area contributed by atoms with Gasteiger partial charge < -0.3 is 5.73 Å². The first-order chi connectivity index (χ1) is 7.59. The fourth-order valence-electron chi connectivity index (χ4n) is 3.12. The van der Waals surface area contributed by atoms with Crippen LogP contribution in [0, 0.1) is 11.8 Å². The second kappa shape index (κ2) is 4.28. The quantitative estimate of drug-likeness (QED) is 0.517. The van der Waals surface area contributed by atoms with Gasteiger partial charge in [-0.3, -0.25) is 0 Å². The Morgan fingerprint density at radius 2 is 2.12 bits per heavy atom. The zero-order valence-corrected chi connectivity index (χ0v) is 9.92. The molecule has 4 heteroatoms. The van der Waals surface area contributed by atoms with Crippen LogP contribution in [-0.2, 0) is 0 Å². The number of fused-ring (bicyclic) bond motifs is 2. The Morgan fingerprint density at radius 3 is 2.75 bits per heavy atom. The van der Waals surface area contributed by atoms with Gasteiger partial charge in [0, 0.05) is 11.6 Å². The summed E-state index contributed by atoms with van der Waals surface area (Å²) in [6.07, 6.45) is 4.59. The molecule has 2 aliphatic rings. The summed E-state index contributed by atoms with van der Waals surface area (Å²) in [6, 6.07) is -0.577. The van der Waals surface area contributed by atoms with Crippen molar-refractivity contribution in [2.24, 2.45) is 22.7 Å². The predicted molar refractivity (Wildman–Crippen MR) is 64.0 cm³/mol. The van der Waals surface area contributed by atoms with Crippen LogP contribution in [0.15, 0.2) is 16.2 Å². The number of urea groups is 1. The maximum absolute atomic E-state index is 10.7. The molecule has 0 aromatic heterocycles. The summed E-state index contributed by atoms with van der Waals surface area (Å²) >= 11 is 0. The van der Waals surface area contributed by atoms with Gasteiger partial charge >= 0.3 is 6.03 Å². The number of rotatable bonds is 1. The van der Waals surface area contributed by atoms with Gasteiger partial charge in [-0.25, -0.2) is 10.2 Å². The van der Waals surface area contributed by atoms with Crippen molar-refractivity contribution in [3.63, 3.8) is 0 Å². The van der Waals surface area contributed by atoms with Crippen molar-refractivity contribution < 1.29 is 4.79 Å². The summed E-state index contributed by atoms with van der Waals surface area (Å²) in [6.45, 7) is 4.34. The van der Waals surface area contributed by atoms with Gasteiger partial charge in [0.15, 0.2) is 0 Å². The number of hydrazone groups is 1. The Labute approximate surface area is 96.0 Å². The molecule has 2 fully saturated rings. The monoisotopic (exact) mass is 221 g/mol. The van der Waals surface area contributed by atoms with E-state index >= 15 is 0 Å². The summed E-state index contributed by atoms with van der Waals surface area (Å²) in [5.74, 6) is 1.21. The van der Waals surface area contributed by atoms with Crippen LogP contribution in [0.1, 0.15) is 39.5 Å². The van der Waals surface area contributed by atoms with Gasteiger partial charge in [-0.2, -0.15) is 5.10 Å². The van der Waals surface area contributed by atoms with Gasteiger partial charge in [-0.15, -0.1) is 0 Å². The number of hydrogen-bond donors (Lipinski definition) is 2. The summed E-state index contributed by atoms with van der Waals surface area (Å²) in [4.78, 5) is 10.7. The molecule has 3 N–H and O–H groups in total. The van der Waals surface area contributed by atoms with Gasteiger partial charge in [-0.05, 0) is 45.4 Å². The standard InChI is InChI=1S/C12H19N3O/c1-7(2)11-8-3-5-9(11)10(6-4-8)14-15-12(13)16/h8-9H,3-6H2,1-2H3,(H3,13,15,16)/b14-10-/t8-,9+/m1/s1. The first-order valence-electron chi connectivity index (χ1n) is 5.88. The minimum absolute atomic E-state index is 0.454. The minimum Gasteiger partial charge on any atom is -0.350 e. The highest BCUT2D eigenvalue weighted by Crippen LogP contribution is 2.46. The van der Waals surface area contributed by atoms with Crippen molar-refractivity contribution in [2.75, 3.05) is 0 Å². The second-order valence-corrected chi connectivity index (χ2v) is 4.90. The lowest BCUT2D eigenvalue weighted by atomic mass is 9.80. The number of hydrogen-bond acceptors (Lipinski definition) is 2. The number of nitrogens with zero attached hydrogens (tertiary/aromatic N) is 1. The summed E-state index contributed by atoms with van der Waals surface area (Å²) in [5, 5.41) is 4.15. The molecular formula is C12H19N3O. The Bertz CT molecular complexity index is 366. The molecule has 0 aliphatic heterocycles. The van der Waals surface area contributed by atoms with Crippen LogP contribution in [0.2, 0.25) is 0 Å². The number of amides is 2.